The van der Waals surface area contributed by atoms with Crippen LogP contribution in [0.1, 0.15) is 12.5 Å². The van der Waals surface area contributed by atoms with Gasteiger partial charge in [-0.1, -0.05) is 6.07 Å². The summed E-state index contributed by atoms with van der Waals surface area (Å²) in [6, 6.07) is 5.52. The van der Waals surface area contributed by atoms with Crippen molar-refractivity contribution in [2.24, 2.45) is 0 Å². The number of aliphatic carboxylic acids is 1. The zero-order valence-corrected chi connectivity index (χ0v) is 10.0. The van der Waals surface area contributed by atoms with Gasteiger partial charge in [-0.3, -0.25) is 4.79 Å². The van der Waals surface area contributed by atoms with Gasteiger partial charge in [0.25, 0.3) is 0 Å². The van der Waals surface area contributed by atoms with E-state index in [0.717, 1.165) is 16.1 Å². The van der Waals surface area contributed by atoms with Crippen LogP contribution in [0.3, 0.4) is 0 Å². The molecule has 1 aliphatic rings. The van der Waals surface area contributed by atoms with E-state index >= 15 is 0 Å². The van der Waals surface area contributed by atoms with Crippen LogP contribution in [0.4, 0.5) is 5.69 Å². The molecule has 0 saturated carbocycles. The van der Waals surface area contributed by atoms with E-state index in [1.54, 1.807) is 12.1 Å². The summed E-state index contributed by atoms with van der Waals surface area (Å²) in [6.45, 7) is 1.54. The average molecular weight is 249 g/mol. The summed E-state index contributed by atoms with van der Waals surface area (Å²) in [7, 11) is 0. The van der Waals surface area contributed by atoms with E-state index < -0.39 is 5.97 Å². The van der Waals surface area contributed by atoms with Crippen LogP contribution in [0.2, 0.25) is 0 Å². The number of carbonyl (C=O) groups excluding carboxylic acids is 1. The highest BCUT2D eigenvalue weighted by Crippen LogP contribution is 2.32. The topological polar surface area (TPSA) is 66.4 Å². The van der Waals surface area contributed by atoms with Crippen LogP contribution in [-0.2, 0) is 9.59 Å². The Bertz CT molecular complexity index is 522. The summed E-state index contributed by atoms with van der Waals surface area (Å²) in [5.41, 5.74) is 1.78. The van der Waals surface area contributed by atoms with Crippen molar-refractivity contribution in [3.05, 3.63) is 29.3 Å². The van der Waals surface area contributed by atoms with Crippen LogP contribution in [0.15, 0.2) is 28.7 Å². The van der Waals surface area contributed by atoms with Crippen LogP contribution >= 0.6 is 11.8 Å². The van der Waals surface area contributed by atoms with Crippen molar-refractivity contribution in [2.45, 2.75) is 11.8 Å². The maximum Gasteiger partial charge on any atom is 0.331 e. The van der Waals surface area contributed by atoms with Crippen molar-refractivity contribution < 1.29 is 14.7 Å². The number of anilines is 1. The number of rotatable bonds is 2. The first-order valence-electron chi connectivity index (χ1n) is 5.04. The molecule has 2 N–H and O–H groups in total. The van der Waals surface area contributed by atoms with Crippen molar-refractivity contribution in [2.75, 3.05) is 11.1 Å². The molecule has 0 spiro atoms. The molecule has 1 heterocycles. The summed E-state index contributed by atoms with van der Waals surface area (Å²) >= 11 is 1.48. The number of hydrogen-bond acceptors (Lipinski definition) is 3. The Morgan fingerprint density at radius 3 is 3.00 bits per heavy atom. The molecular weight excluding hydrogens is 238 g/mol. The molecule has 1 aromatic rings. The number of thioether (sulfide) groups is 1. The standard InChI is InChI=1S/C12H11NO3S/c1-7(12(15)16)4-8-2-3-10-9(5-8)13-11(14)6-17-10/h2-5H,6H2,1H3,(H,13,14)(H,15,16)/b7-4+. The fraction of sp³-hybridized carbons (Fsp3) is 0.167. The van der Waals surface area contributed by atoms with Crippen LogP contribution in [0, 0.1) is 0 Å². The third kappa shape index (κ3) is 2.68. The maximum atomic E-state index is 11.2. The minimum Gasteiger partial charge on any atom is -0.478 e. The van der Waals surface area contributed by atoms with Crippen molar-refractivity contribution in [1.82, 2.24) is 0 Å². The van der Waals surface area contributed by atoms with Gasteiger partial charge in [-0.15, -0.1) is 11.8 Å². The lowest BCUT2D eigenvalue weighted by Crippen LogP contribution is -2.18. The van der Waals surface area contributed by atoms with E-state index in [9.17, 15) is 9.59 Å². The molecule has 0 atom stereocenters. The second kappa shape index (κ2) is 4.63. The molecule has 0 aliphatic carbocycles. The average Bonchev–Trinajstić information content (AvgIpc) is 2.28. The Morgan fingerprint density at radius 1 is 1.53 bits per heavy atom. The third-order valence-electron chi connectivity index (χ3n) is 2.36. The zero-order chi connectivity index (χ0) is 12.4. The van der Waals surface area contributed by atoms with Crippen LogP contribution in [-0.4, -0.2) is 22.7 Å². The predicted molar refractivity (Wildman–Crippen MR) is 67.1 cm³/mol. The normalized spacial score (nSPS) is 15.1. The van der Waals surface area contributed by atoms with Gasteiger partial charge in [0.15, 0.2) is 0 Å². The zero-order valence-electron chi connectivity index (χ0n) is 9.19. The van der Waals surface area contributed by atoms with Crippen molar-refractivity contribution >= 4 is 35.4 Å². The first-order chi connectivity index (χ1) is 8.06. The molecule has 1 aliphatic heterocycles. The Labute approximate surface area is 103 Å². The summed E-state index contributed by atoms with van der Waals surface area (Å²) in [5.74, 6) is -0.546. The lowest BCUT2D eigenvalue weighted by Gasteiger charge is -2.16. The largest absolute Gasteiger partial charge is 0.478 e. The summed E-state index contributed by atoms with van der Waals surface area (Å²) in [4.78, 5) is 22.9. The van der Waals surface area contributed by atoms with Crippen molar-refractivity contribution in [3.63, 3.8) is 0 Å². The minimum atomic E-state index is -0.943. The van der Waals surface area contributed by atoms with E-state index in [4.69, 9.17) is 5.11 Å². The Hall–Kier alpha value is -1.75. The van der Waals surface area contributed by atoms with Crippen LogP contribution < -0.4 is 5.32 Å². The number of amides is 1. The molecule has 2 rings (SSSR count). The second-order valence-electron chi connectivity index (χ2n) is 3.72. The van der Waals surface area contributed by atoms with E-state index in [-0.39, 0.29) is 11.5 Å². The molecule has 0 bridgehead atoms. The van der Waals surface area contributed by atoms with Gasteiger partial charge in [0.2, 0.25) is 5.91 Å². The van der Waals surface area contributed by atoms with Gasteiger partial charge >= 0.3 is 5.97 Å². The first-order valence-corrected chi connectivity index (χ1v) is 6.03. The van der Waals surface area contributed by atoms with E-state index in [1.807, 2.05) is 12.1 Å². The van der Waals surface area contributed by atoms with E-state index in [1.165, 1.54) is 18.7 Å². The molecule has 5 heteroatoms. The Kier molecular flexibility index (Phi) is 3.19. The van der Waals surface area contributed by atoms with Gasteiger partial charge in [-0.2, -0.15) is 0 Å². The fourth-order valence-electron chi connectivity index (χ4n) is 1.50. The molecule has 0 radical (unpaired) electrons. The molecule has 88 valence electrons. The van der Waals surface area contributed by atoms with Gasteiger partial charge in [-0.25, -0.2) is 4.79 Å². The summed E-state index contributed by atoms with van der Waals surface area (Å²) in [6.07, 6.45) is 1.58. The summed E-state index contributed by atoms with van der Waals surface area (Å²) in [5, 5.41) is 11.5. The highest BCUT2D eigenvalue weighted by molar-refractivity contribution is 8.00. The first kappa shape index (κ1) is 11.7. The molecule has 0 fully saturated rings. The highest BCUT2D eigenvalue weighted by Gasteiger charge is 2.15. The van der Waals surface area contributed by atoms with Crippen LogP contribution in [0.25, 0.3) is 6.08 Å². The second-order valence-corrected chi connectivity index (χ2v) is 4.74. The lowest BCUT2D eigenvalue weighted by molar-refractivity contribution is -0.132. The maximum absolute atomic E-state index is 11.2. The van der Waals surface area contributed by atoms with E-state index in [2.05, 4.69) is 5.32 Å². The Balaban J connectivity index is 2.33. The van der Waals surface area contributed by atoms with E-state index in [0.29, 0.717) is 5.75 Å². The quantitative estimate of drug-likeness (QED) is 0.789. The molecule has 1 amide bonds. The van der Waals surface area contributed by atoms with Gasteiger partial charge in [0.05, 0.1) is 11.4 Å². The molecule has 0 unspecified atom stereocenters. The van der Waals surface area contributed by atoms with Gasteiger partial charge in [0, 0.05) is 10.5 Å². The number of carboxylic acids is 1. The molecule has 17 heavy (non-hydrogen) atoms. The number of hydrogen-bond donors (Lipinski definition) is 2. The third-order valence-corrected chi connectivity index (χ3v) is 3.43. The molecule has 4 nitrogen and oxygen atoms in total. The molecule has 0 saturated heterocycles. The summed E-state index contributed by atoms with van der Waals surface area (Å²) < 4.78 is 0. The highest BCUT2D eigenvalue weighted by atomic mass is 32.2. The number of fused-ring (bicyclic) bond motifs is 1. The number of carbonyl (C=O) groups is 2. The number of benzene rings is 1. The Morgan fingerprint density at radius 2 is 2.29 bits per heavy atom. The minimum absolute atomic E-state index is 0.0291. The number of nitrogens with one attached hydrogen (secondary N) is 1. The lowest BCUT2D eigenvalue weighted by atomic mass is 10.1. The van der Waals surface area contributed by atoms with Crippen molar-refractivity contribution in [3.8, 4) is 0 Å². The fourth-order valence-corrected chi connectivity index (χ4v) is 2.29. The smallest absolute Gasteiger partial charge is 0.331 e. The van der Waals surface area contributed by atoms with Crippen molar-refractivity contribution in [1.29, 1.82) is 0 Å². The van der Waals surface area contributed by atoms with Gasteiger partial charge < -0.3 is 10.4 Å². The number of carboxylic acid groups (broad SMARTS) is 1. The molecular formula is C12H11NO3S. The molecule has 1 aromatic carbocycles. The predicted octanol–water partition coefficient (Wildman–Crippen LogP) is 2.22. The molecule has 0 aromatic heterocycles. The monoisotopic (exact) mass is 249 g/mol. The van der Waals surface area contributed by atoms with Gasteiger partial charge in [0.1, 0.15) is 0 Å². The van der Waals surface area contributed by atoms with Crippen LogP contribution in [0.5, 0.6) is 0 Å². The van der Waals surface area contributed by atoms with Gasteiger partial charge in [-0.05, 0) is 30.7 Å². The SMILES string of the molecule is C/C(=C\c1ccc2c(c1)NC(=O)CS2)C(=O)O.